The van der Waals surface area contributed by atoms with Crippen molar-refractivity contribution < 1.29 is 0 Å². The van der Waals surface area contributed by atoms with Crippen molar-refractivity contribution in [1.82, 2.24) is 0 Å². The fourth-order valence-electron chi connectivity index (χ4n) is 1.12. The topological polar surface area (TPSA) is 0 Å². The molecule has 0 aliphatic heterocycles. The molecule has 0 aliphatic rings. The van der Waals surface area contributed by atoms with Crippen LogP contribution in [0.2, 0.25) is 50.2 Å². The van der Waals surface area contributed by atoms with E-state index in [0.717, 1.165) is 0 Å². The Kier molecular flexibility index (Phi) is 9.15. The molecule has 0 heterocycles. The van der Waals surface area contributed by atoms with Crippen LogP contribution in [-0.4, -0.2) is 32.9 Å². The molecule has 0 rings (SSSR count). The van der Waals surface area contributed by atoms with Crippen molar-refractivity contribution in [2.75, 3.05) is 0 Å². The van der Waals surface area contributed by atoms with E-state index in [9.17, 15) is 0 Å². The Labute approximate surface area is 90.6 Å². The molecule has 0 unspecified atom stereocenters. The fraction of sp³-hybridized carbons (Fsp3) is 1.00. The molecule has 0 atom stereocenters. The van der Waals surface area contributed by atoms with E-state index in [2.05, 4.69) is 50.2 Å². The van der Waals surface area contributed by atoms with Crippen LogP contribution in [0.3, 0.4) is 0 Å². The first kappa shape index (κ1) is 16.0. The van der Waals surface area contributed by atoms with Gasteiger partial charge in [-0.05, 0) is 0 Å². The summed E-state index contributed by atoms with van der Waals surface area (Å²) in [6, 6.07) is 0. The molecule has 4 heteroatoms. The van der Waals surface area contributed by atoms with Gasteiger partial charge in [-0.15, -0.1) is 7.68 Å². The van der Waals surface area contributed by atoms with Crippen LogP contribution in [0.25, 0.3) is 0 Å². The first-order valence-corrected chi connectivity index (χ1v) is 19.5. The van der Waals surface area contributed by atoms with Crippen molar-refractivity contribution in [3.8, 4) is 0 Å². The summed E-state index contributed by atoms with van der Waals surface area (Å²) in [4.78, 5) is 0. The van der Waals surface area contributed by atoms with E-state index in [4.69, 9.17) is 0 Å². The third kappa shape index (κ3) is 22.5. The van der Waals surface area contributed by atoms with Gasteiger partial charge in [-0.3, -0.25) is 0 Å². The van der Waals surface area contributed by atoms with Gasteiger partial charge in [-0.1, -0.05) is 39.3 Å². The van der Waals surface area contributed by atoms with Crippen LogP contribution >= 0.6 is 7.68 Å². The zero-order chi connectivity index (χ0) is 10.4. The molecule has 12 heavy (non-hydrogen) atoms. The third-order valence-electron chi connectivity index (χ3n) is 0.750. The van der Waals surface area contributed by atoms with Gasteiger partial charge in [0.1, 0.15) is 0 Å². The van der Waals surface area contributed by atoms with Crippen LogP contribution in [0.15, 0.2) is 0 Å². The second-order valence-electron chi connectivity index (χ2n) is 5.20. The maximum atomic E-state index is 2.48. The second-order valence-corrected chi connectivity index (χ2v) is 28.9. The Balaban J connectivity index is 0. The summed E-state index contributed by atoms with van der Waals surface area (Å²) < 4.78 is 0. The maximum absolute atomic E-state index is 2.48. The van der Waals surface area contributed by atoms with E-state index < -0.39 is 15.5 Å². The van der Waals surface area contributed by atoms with Gasteiger partial charge in [0.2, 0.25) is 0 Å². The molecule has 0 aromatic heterocycles. The molecule has 0 saturated heterocycles. The quantitative estimate of drug-likeness (QED) is 0.526. The Morgan fingerprint density at radius 2 is 0.917 bits per heavy atom. The van der Waals surface area contributed by atoms with Gasteiger partial charge in [-0.25, -0.2) is 0 Å². The van der Waals surface area contributed by atoms with E-state index in [0.29, 0.717) is 17.4 Å². The number of rotatable bonds is 2. The molecule has 0 aromatic carbocycles. The molecule has 0 bridgehead atoms. The molecular formula is C8H25GaPSi2. The van der Waals surface area contributed by atoms with Crippen molar-refractivity contribution in [3.05, 3.63) is 0 Å². The van der Waals surface area contributed by atoms with E-state index in [1.54, 1.807) is 0 Å². The van der Waals surface area contributed by atoms with Crippen LogP contribution in [0.1, 0.15) is 0 Å². The summed E-state index contributed by atoms with van der Waals surface area (Å²) in [6.07, 6.45) is 0. The molecular weight excluding hydrogens is 253 g/mol. The van der Waals surface area contributed by atoms with Gasteiger partial charge >= 0.3 is 28.4 Å². The monoisotopic (exact) mass is 277 g/mol. The van der Waals surface area contributed by atoms with Gasteiger partial charge in [0.15, 0.2) is 0 Å². The average molecular weight is 278 g/mol. The molecule has 0 saturated carbocycles. The summed E-state index contributed by atoms with van der Waals surface area (Å²) >= 11 is 0.312. The van der Waals surface area contributed by atoms with Crippen LogP contribution in [0.4, 0.5) is 0 Å². The standard InChI is InChI=1S/C6H19PSi2.2CH3.Ga/c1-8(2,3)7-9(4,5)6;;;/h7H,1-6H3;2*1H3;. The van der Waals surface area contributed by atoms with Gasteiger partial charge in [0, 0.05) is 0 Å². The van der Waals surface area contributed by atoms with E-state index >= 15 is 0 Å². The van der Waals surface area contributed by atoms with Crippen molar-refractivity contribution in [1.29, 1.82) is 0 Å². The molecule has 0 N–H and O–H groups in total. The van der Waals surface area contributed by atoms with Gasteiger partial charge < -0.3 is 0 Å². The van der Waals surface area contributed by atoms with Crippen LogP contribution in [0, 0.1) is 0 Å². The van der Waals surface area contributed by atoms with E-state index in [-0.39, 0.29) is 0 Å². The summed E-state index contributed by atoms with van der Waals surface area (Å²) in [5.74, 6) is 0. The molecule has 0 nitrogen and oxygen atoms in total. The van der Waals surface area contributed by atoms with Crippen molar-refractivity contribution in [2.45, 2.75) is 50.2 Å². The molecule has 0 fully saturated rings. The molecule has 1 radical (unpaired) electrons. The first-order valence-electron chi connectivity index (χ1n) is 4.65. The summed E-state index contributed by atoms with van der Waals surface area (Å²) in [5.41, 5.74) is 4.56. The molecule has 73 valence electrons. The zero-order valence-electron chi connectivity index (χ0n) is 10.1. The molecule has 0 aliphatic carbocycles. The number of hydrogen-bond acceptors (Lipinski definition) is 0. The van der Waals surface area contributed by atoms with E-state index in [1.165, 1.54) is 7.68 Å². The Bertz CT molecular complexity index is 92.6. The van der Waals surface area contributed by atoms with Gasteiger partial charge in [-0.2, -0.15) is 0 Å². The Morgan fingerprint density at radius 1 is 0.750 bits per heavy atom. The predicted octanol–water partition coefficient (Wildman–Crippen LogP) is 4.12. The number of hydrogen-bond donors (Lipinski definition) is 0. The SMILES string of the molecule is C[Si](C)(C)P[Si](C)(C)C.[CH3][Ga][CH3]. The zero-order valence-corrected chi connectivity index (χ0v) is 15.5. The Hall–Kier alpha value is 1.50. The predicted molar refractivity (Wildman–Crippen MR) is 72.5 cm³/mol. The van der Waals surface area contributed by atoms with Crippen molar-refractivity contribution in [2.24, 2.45) is 0 Å². The molecule has 0 spiro atoms. The summed E-state index contributed by atoms with van der Waals surface area (Å²) in [5, 5.41) is 0. The van der Waals surface area contributed by atoms with Crippen LogP contribution in [-0.2, 0) is 0 Å². The van der Waals surface area contributed by atoms with E-state index in [1.807, 2.05) is 0 Å². The fourth-order valence-corrected chi connectivity index (χ4v) is 30.4. The van der Waals surface area contributed by atoms with Crippen LogP contribution in [0.5, 0.6) is 0 Å². The molecule has 0 amide bonds. The normalized spacial score (nSPS) is 11.7. The first-order chi connectivity index (χ1) is 5.12. The molecule has 0 aromatic rings. The minimum atomic E-state index is -0.703. The summed E-state index contributed by atoms with van der Waals surface area (Å²) in [6.45, 7) is 14.9. The van der Waals surface area contributed by atoms with Crippen LogP contribution < -0.4 is 0 Å². The summed E-state index contributed by atoms with van der Waals surface area (Å²) in [7, 11) is -0.0775. The Morgan fingerprint density at radius 3 is 0.917 bits per heavy atom. The van der Waals surface area contributed by atoms with Gasteiger partial charge in [0.25, 0.3) is 0 Å². The minimum absolute atomic E-state index is 0.312. The van der Waals surface area contributed by atoms with Crippen molar-refractivity contribution in [3.63, 3.8) is 0 Å². The second kappa shape index (κ2) is 6.88. The van der Waals surface area contributed by atoms with Gasteiger partial charge in [0.05, 0.1) is 15.5 Å². The average Bonchev–Trinajstić information content (AvgIpc) is 1.53. The third-order valence-corrected chi connectivity index (χ3v) is 20.2. The van der Waals surface area contributed by atoms with Crippen molar-refractivity contribution >= 4 is 40.6 Å².